The quantitative estimate of drug-likeness (QED) is 0.724. The smallest absolute Gasteiger partial charge is 0.340 e. The molecule has 1 heterocycles. The van der Waals surface area contributed by atoms with Crippen LogP contribution in [0.15, 0.2) is 33.8 Å². The van der Waals surface area contributed by atoms with Crippen LogP contribution >= 0.6 is 11.8 Å². The van der Waals surface area contributed by atoms with Crippen LogP contribution in [-0.4, -0.2) is 48.8 Å². The molecule has 3 rings (SSSR count). The SMILES string of the molecule is COC(=O)c1cc(OC)ccc1NC1=C2SCC(C(=O)O)N=C2CC(C)(C)C1. The van der Waals surface area contributed by atoms with Crippen LogP contribution in [0.25, 0.3) is 0 Å². The van der Waals surface area contributed by atoms with Gasteiger partial charge in [-0.25, -0.2) is 9.59 Å². The lowest BCUT2D eigenvalue weighted by Gasteiger charge is -2.36. The number of carboxylic acid groups (broad SMARTS) is 1. The van der Waals surface area contributed by atoms with E-state index in [9.17, 15) is 14.7 Å². The number of methoxy groups -OCH3 is 2. The van der Waals surface area contributed by atoms with Gasteiger partial charge in [0, 0.05) is 16.4 Å². The number of aliphatic carboxylic acids is 1. The summed E-state index contributed by atoms with van der Waals surface area (Å²) in [6.07, 6.45) is 1.48. The molecule has 1 atom stereocenters. The van der Waals surface area contributed by atoms with Crippen molar-refractivity contribution in [2.75, 3.05) is 25.3 Å². The van der Waals surface area contributed by atoms with E-state index in [1.54, 1.807) is 18.2 Å². The second-order valence-electron chi connectivity index (χ2n) is 7.59. The zero-order valence-corrected chi connectivity index (χ0v) is 17.2. The summed E-state index contributed by atoms with van der Waals surface area (Å²) < 4.78 is 10.1. The Balaban J connectivity index is 2.02. The molecule has 1 aliphatic carbocycles. The predicted molar refractivity (Wildman–Crippen MR) is 109 cm³/mol. The van der Waals surface area contributed by atoms with E-state index in [0.29, 0.717) is 22.8 Å². The molecule has 2 N–H and O–H groups in total. The molecular formula is C20H24N2O5S. The van der Waals surface area contributed by atoms with Crippen molar-refractivity contribution in [2.24, 2.45) is 10.4 Å². The topological polar surface area (TPSA) is 97.2 Å². The van der Waals surface area contributed by atoms with Gasteiger partial charge in [-0.3, -0.25) is 4.99 Å². The number of carbonyl (C=O) groups is 2. The van der Waals surface area contributed by atoms with Gasteiger partial charge in [0.1, 0.15) is 5.75 Å². The fourth-order valence-corrected chi connectivity index (χ4v) is 4.55. The number of benzene rings is 1. The zero-order chi connectivity index (χ0) is 20.5. The molecule has 1 unspecified atom stereocenters. The Labute approximate surface area is 168 Å². The maximum atomic E-state index is 12.2. The molecule has 2 aliphatic rings. The van der Waals surface area contributed by atoms with E-state index in [1.807, 2.05) is 0 Å². The molecule has 0 amide bonds. The maximum absolute atomic E-state index is 12.2. The van der Waals surface area contributed by atoms with Crippen LogP contribution < -0.4 is 10.1 Å². The minimum absolute atomic E-state index is 0.0798. The van der Waals surface area contributed by atoms with E-state index >= 15 is 0 Å². The number of allylic oxidation sites excluding steroid dienone is 2. The molecule has 0 saturated heterocycles. The van der Waals surface area contributed by atoms with Crippen molar-refractivity contribution in [1.82, 2.24) is 0 Å². The minimum Gasteiger partial charge on any atom is -0.497 e. The first-order valence-electron chi connectivity index (χ1n) is 8.93. The monoisotopic (exact) mass is 404 g/mol. The molecular weight excluding hydrogens is 380 g/mol. The van der Waals surface area contributed by atoms with E-state index in [2.05, 4.69) is 24.2 Å². The molecule has 7 nitrogen and oxygen atoms in total. The summed E-state index contributed by atoms with van der Waals surface area (Å²) in [5.41, 5.74) is 2.67. The normalized spacial score (nSPS) is 20.7. The Morgan fingerprint density at radius 1 is 1.29 bits per heavy atom. The van der Waals surface area contributed by atoms with E-state index in [1.165, 1.54) is 26.0 Å². The van der Waals surface area contributed by atoms with Crippen molar-refractivity contribution >= 4 is 35.1 Å². The third-order valence-corrected chi connectivity index (χ3v) is 5.99. The van der Waals surface area contributed by atoms with Crippen molar-refractivity contribution in [2.45, 2.75) is 32.7 Å². The lowest BCUT2D eigenvalue weighted by Crippen LogP contribution is -2.34. The van der Waals surface area contributed by atoms with Crippen molar-refractivity contribution in [3.8, 4) is 5.75 Å². The first-order valence-corrected chi connectivity index (χ1v) is 9.92. The summed E-state index contributed by atoms with van der Waals surface area (Å²) in [6.45, 7) is 4.25. The molecule has 8 heteroatoms. The van der Waals surface area contributed by atoms with Crippen molar-refractivity contribution < 1.29 is 24.2 Å². The maximum Gasteiger partial charge on any atom is 0.340 e. The highest BCUT2D eigenvalue weighted by Gasteiger charge is 2.36. The first-order chi connectivity index (χ1) is 13.2. The molecule has 0 saturated carbocycles. The van der Waals surface area contributed by atoms with E-state index < -0.39 is 18.0 Å². The van der Waals surface area contributed by atoms with E-state index in [4.69, 9.17) is 9.47 Å². The van der Waals surface area contributed by atoms with Gasteiger partial charge in [0.25, 0.3) is 0 Å². The summed E-state index contributed by atoms with van der Waals surface area (Å²) in [4.78, 5) is 29.1. The third kappa shape index (κ3) is 4.16. The summed E-state index contributed by atoms with van der Waals surface area (Å²) in [5.74, 6) is -0.406. The van der Waals surface area contributed by atoms with Gasteiger partial charge in [0.2, 0.25) is 0 Å². The molecule has 28 heavy (non-hydrogen) atoms. The van der Waals surface area contributed by atoms with Gasteiger partial charge in [-0.1, -0.05) is 13.8 Å². The Morgan fingerprint density at radius 2 is 2.04 bits per heavy atom. The number of thioether (sulfide) groups is 1. The second kappa shape index (κ2) is 7.87. The fraction of sp³-hybridized carbons (Fsp3) is 0.450. The molecule has 0 spiro atoms. The number of carbonyl (C=O) groups excluding carboxylic acids is 1. The van der Waals surface area contributed by atoms with Crippen LogP contribution in [0.2, 0.25) is 0 Å². The van der Waals surface area contributed by atoms with Gasteiger partial charge in [-0.05, 0) is 36.5 Å². The molecule has 0 fully saturated rings. The molecule has 0 radical (unpaired) electrons. The standard InChI is InChI=1S/C20H24N2O5S/c1-20(2)8-14(17-15(9-20)22-16(10-28-17)18(23)24)21-13-6-5-11(26-3)7-12(13)19(25)27-4/h5-7,16,21H,8-10H2,1-4H3,(H,23,24). The number of anilines is 1. The highest BCUT2D eigenvalue weighted by Crippen LogP contribution is 2.44. The van der Waals surface area contributed by atoms with Crippen molar-refractivity contribution in [1.29, 1.82) is 0 Å². The lowest BCUT2D eigenvalue weighted by molar-refractivity contribution is -0.137. The molecule has 0 bridgehead atoms. The number of aliphatic imine (C=N–C) groups is 1. The number of ether oxygens (including phenoxy) is 2. The van der Waals surface area contributed by atoms with E-state index in [-0.39, 0.29) is 5.41 Å². The van der Waals surface area contributed by atoms with Gasteiger partial charge < -0.3 is 19.9 Å². The first kappa shape index (κ1) is 20.3. The number of carboxylic acids is 1. The Hall–Kier alpha value is -2.48. The van der Waals surface area contributed by atoms with Gasteiger partial charge in [-0.15, -0.1) is 11.8 Å². The fourth-order valence-electron chi connectivity index (χ4n) is 3.42. The van der Waals surface area contributed by atoms with Gasteiger partial charge in [0.05, 0.1) is 31.2 Å². The summed E-state index contributed by atoms with van der Waals surface area (Å²) >= 11 is 1.50. The van der Waals surface area contributed by atoms with Crippen LogP contribution in [-0.2, 0) is 9.53 Å². The van der Waals surface area contributed by atoms with Gasteiger partial charge in [-0.2, -0.15) is 0 Å². The number of nitrogens with zero attached hydrogens (tertiary/aromatic N) is 1. The zero-order valence-electron chi connectivity index (χ0n) is 16.4. The number of nitrogens with one attached hydrogen (secondary N) is 1. The van der Waals surface area contributed by atoms with Crippen LogP contribution in [0, 0.1) is 5.41 Å². The number of rotatable bonds is 5. The largest absolute Gasteiger partial charge is 0.497 e. The molecule has 150 valence electrons. The molecule has 1 aliphatic heterocycles. The summed E-state index contributed by atoms with van der Waals surface area (Å²) in [6, 6.07) is 4.48. The van der Waals surface area contributed by atoms with E-state index in [0.717, 1.165) is 29.2 Å². The van der Waals surface area contributed by atoms with Gasteiger partial charge in [0.15, 0.2) is 6.04 Å². The van der Waals surface area contributed by atoms with Crippen LogP contribution in [0.1, 0.15) is 37.0 Å². The lowest BCUT2D eigenvalue weighted by atomic mass is 9.78. The molecule has 0 aromatic heterocycles. The Kier molecular flexibility index (Phi) is 5.69. The number of esters is 1. The minimum atomic E-state index is -0.903. The number of fused-ring (bicyclic) bond motifs is 1. The van der Waals surface area contributed by atoms with Crippen molar-refractivity contribution in [3.05, 3.63) is 34.4 Å². The average molecular weight is 404 g/mol. The van der Waals surface area contributed by atoms with Crippen LogP contribution in [0.4, 0.5) is 5.69 Å². The number of hydrogen-bond acceptors (Lipinski definition) is 7. The Bertz CT molecular complexity index is 875. The third-order valence-electron chi connectivity index (χ3n) is 4.74. The Morgan fingerprint density at radius 3 is 2.68 bits per heavy atom. The number of hydrogen-bond donors (Lipinski definition) is 2. The highest BCUT2D eigenvalue weighted by molar-refractivity contribution is 8.04. The average Bonchev–Trinajstić information content (AvgIpc) is 2.66. The van der Waals surface area contributed by atoms with Gasteiger partial charge >= 0.3 is 11.9 Å². The molecule has 1 aromatic rings. The van der Waals surface area contributed by atoms with Crippen LogP contribution in [0.3, 0.4) is 0 Å². The van der Waals surface area contributed by atoms with Crippen LogP contribution in [0.5, 0.6) is 5.75 Å². The second-order valence-corrected chi connectivity index (χ2v) is 8.62. The summed E-state index contributed by atoms with van der Waals surface area (Å²) in [7, 11) is 2.88. The highest BCUT2D eigenvalue weighted by atomic mass is 32.2. The van der Waals surface area contributed by atoms with Crippen molar-refractivity contribution in [3.63, 3.8) is 0 Å². The summed E-state index contributed by atoms with van der Waals surface area (Å²) in [5, 5.41) is 12.7. The predicted octanol–water partition coefficient (Wildman–Crippen LogP) is 3.57. The molecule has 1 aromatic carbocycles.